The van der Waals surface area contributed by atoms with E-state index in [-0.39, 0.29) is 5.91 Å². The highest BCUT2D eigenvalue weighted by molar-refractivity contribution is 7.09. The topological polar surface area (TPSA) is 59.4 Å². The molecule has 3 heterocycles. The SMILES string of the molecule is O=C(NCc1nc(CN2CCOCC2)cs1)c1cccc(-n2cccc2)c1. The number of benzene rings is 1. The summed E-state index contributed by atoms with van der Waals surface area (Å²) in [7, 11) is 0. The lowest BCUT2D eigenvalue weighted by Gasteiger charge is -2.25. The number of aromatic nitrogens is 2. The number of thiazole rings is 1. The Kier molecular flexibility index (Phi) is 5.62. The highest BCUT2D eigenvalue weighted by atomic mass is 32.1. The van der Waals surface area contributed by atoms with Crippen LogP contribution >= 0.6 is 11.3 Å². The Balaban J connectivity index is 1.33. The number of ether oxygens (including phenoxy) is 1. The maximum absolute atomic E-state index is 12.5. The lowest BCUT2D eigenvalue weighted by Crippen LogP contribution is -2.35. The highest BCUT2D eigenvalue weighted by Gasteiger charge is 2.13. The molecule has 6 nitrogen and oxygen atoms in total. The number of nitrogens with zero attached hydrogens (tertiary/aromatic N) is 3. The van der Waals surface area contributed by atoms with Crippen molar-refractivity contribution in [1.29, 1.82) is 0 Å². The van der Waals surface area contributed by atoms with Gasteiger partial charge in [-0.3, -0.25) is 9.69 Å². The quantitative estimate of drug-likeness (QED) is 0.712. The Hall–Kier alpha value is -2.48. The largest absolute Gasteiger partial charge is 0.379 e. The van der Waals surface area contributed by atoms with Crippen LogP contribution in [0.15, 0.2) is 54.2 Å². The average Bonchev–Trinajstić information content (AvgIpc) is 3.39. The second kappa shape index (κ2) is 8.47. The monoisotopic (exact) mass is 382 g/mol. The standard InChI is InChI=1S/C20H22N4O2S/c25-20(16-4-3-5-18(12-16)24-6-1-2-7-24)21-13-19-22-17(15-27-19)14-23-8-10-26-11-9-23/h1-7,12,15H,8-11,13-14H2,(H,21,25). The van der Waals surface area contributed by atoms with Crippen LogP contribution in [0.1, 0.15) is 21.1 Å². The first-order valence-electron chi connectivity index (χ1n) is 9.03. The molecule has 27 heavy (non-hydrogen) atoms. The van der Waals surface area contributed by atoms with Gasteiger partial charge in [0.05, 0.1) is 25.5 Å². The van der Waals surface area contributed by atoms with Crippen molar-refractivity contribution in [1.82, 2.24) is 19.8 Å². The van der Waals surface area contributed by atoms with Crippen molar-refractivity contribution < 1.29 is 9.53 Å². The van der Waals surface area contributed by atoms with E-state index in [1.165, 1.54) is 0 Å². The van der Waals surface area contributed by atoms with E-state index in [0.717, 1.165) is 49.2 Å². The Morgan fingerprint density at radius 3 is 2.81 bits per heavy atom. The third kappa shape index (κ3) is 4.63. The van der Waals surface area contributed by atoms with E-state index < -0.39 is 0 Å². The van der Waals surface area contributed by atoms with Crippen molar-refractivity contribution in [3.05, 3.63) is 70.4 Å². The van der Waals surface area contributed by atoms with Gasteiger partial charge in [0.25, 0.3) is 5.91 Å². The Labute approximate surface area is 162 Å². The number of rotatable bonds is 6. The van der Waals surface area contributed by atoms with E-state index in [1.54, 1.807) is 11.3 Å². The summed E-state index contributed by atoms with van der Waals surface area (Å²) in [5.74, 6) is -0.0889. The molecule has 0 bridgehead atoms. The van der Waals surface area contributed by atoms with Gasteiger partial charge < -0.3 is 14.6 Å². The van der Waals surface area contributed by atoms with Crippen LogP contribution in [0.2, 0.25) is 0 Å². The number of carbonyl (C=O) groups is 1. The first kappa shape index (κ1) is 17.9. The van der Waals surface area contributed by atoms with Crippen LogP contribution in [0.5, 0.6) is 0 Å². The summed E-state index contributed by atoms with van der Waals surface area (Å²) in [6.45, 7) is 4.75. The zero-order valence-corrected chi connectivity index (χ0v) is 15.8. The second-order valence-corrected chi connectivity index (χ2v) is 7.39. The summed E-state index contributed by atoms with van der Waals surface area (Å²) in [4.78, 5) is 19.5. The summed E-state index contributed by atoms with van der Waals surface area (Å²) in [5.41, 5.74) is 2.67. The van der Waals surface area contributed by atoms with E-state index in [4.69, 9.17) is 4.74 Å². The minimum absolute atomic E-state index is 0.0889. The molecule has 0 saturated carbocycles. The predicted octanol–water partition coefficient (Wildman–Crippen LogP) is 2.70. The van der Waals surface area contributed by atoms with E-state index in [2.05, 4.69) is 20.6 Å². The molecule has 1 amide bonds. The van der Waals surface area contributed by atoms with Gasteiger partial charge in [-0.1, -0.05) is 6.07 Å². The maximum atomic E-state index is 12.5. The minimum atomic E-state index is -0.0889. The fourth-order valence-electron chi connectivity index (χ4n) is 3.06. The minimum Gasteiger partial charge on any atom is -0.379 e. The van der Waals surface area contributed by atoms with Gasteiger partial charge in [0.15, 0.2) is 0 Å². The molecule has 1 aliphatic rings. The van der Waals surface area contributed by atoms with E-state index in [0.29, 0.717) is 12.1 Å². The van der Waals surface area contributed by atoms with Crippen molar-refractivity contribution in [3.8, 4) is 5.69 Å². The Morgan fingerprint density at radius 1 is 1.19 bits per heavy atom. The van der Waals surface area contributed by atoms with E-state index >= 15 is 0 Å². The first-order valence-corrected chi connectivity index (χ1v) is 9.91. The van der Waals surface area contributed by atoms with Gasteiger partial charge in [0, 0.05) is 48.7 Å². The molecule has 0 spiro atoms. The molecule has 3 aromatic rings. The highest BCUT2D eigenvalue weighted by Crippen LogP contribution is 2.14. The molecule has 2 aromatic heterocycles. The van der Waals surface area contributed by atoms with Crippen molar-refractivity contribution in [2.24, 2.45) is 0 Å². The molecule has 0 aliphatic carbocycles. The number of amides is 1. The van der Waals surface area contributed by atoms with E-state index in [1.807, 2.05) is 53.4 Å². The molecule has 0 radical (unpaired) electrons. The van der Waals surface area contributed by atoms with Crippen LogP contribution < -0.4 is 5.32 Å². The Bertz CT molecular complexity index is 885. The third-order valence-corrected chi connectivity index (χ3v) is 5.40. The molecule has 0 atom stereocenters. The molecule has 1 N–H and O–H groups in total. The van der Waals surface area contributed by atoms with Crippen LogP contribution in [-0.4, -0.2) is 46.7 Å². The van der Waals surface area contributed by atoms with Gasteiger partial charge in [0.2, 0.25) is 0 Å². The van der Waals surface area contributed by atoms with Crippen molar-refractivity contribution in [3.63, 3.8) is 0 Å². The molecule has 1 aromatic carbocycles. The fraction of sp³-hybridized carbons (Fsp3) is 0.300. The van der Waals surface area contributed by atoms with Gasteiger partial charge in [0.1, 0.15) is 5.01 Å². The number of nitrogens with one attached hydrogen (secondary N) is 1. The van der Waals surface area contributed by atoms with Crippen molar-refractivity contribution in [2.45, 2.75) is 13.1 Å². The van der Waals surface area contributed by atoms with Crippen LogP contribution in [-0.2, 0) is 17.8 Å². The molecule has 1 saturated heterocycles. The maximum Gasteiger partial charge on any atom is 0.251 e. The average molecular weight is 382 g/mol. The van der Waals surface area contributed by atoms with Crippen LogP contribution in [0.3, 0.4) is 0 Å². The second-order valence-electron chi connectivity index (χ2n) is 6.44. The van der Waals surface area contributed by atoms with Crippen molar-refractivity contribution >= 4 is 17.2 Å². The number of carbonyl (C=O) groups excluding carboxylic acids is 1. The van der Waals surface area contributed by atoms with Crippen LogP contribution in [0, 0.1) is 0 Å². The van der Waals surface area contributed by atoms with Crippen LogP contribution in [0.4, 0.5) is 0 Å². The van der Waals surface area contributed by atoms with E-state index in [9.17, 15) is 4.79 Å². The number of morpholine rings is 1. The summed E-state index contributed by atoms with van der Waals surface area (Å²) in [6.07, 6.45) is 3.92. The molecule has 7 heteroatoms. The zero-order chi connectivity index (χ0) is 18.5. The fourth-order valence-corrected chi connectivity index (χ4v) is 3.79. The number of hydrogen-bond donors (Lipinski definition) is 1. The summed E-state index contributed by atoms with van der Waals surface area (Å²) < 4.78 is 7.35. The third-order valence-electron chi connectivity index (χ3n) is 4.50. The molecule has 0 unspecified atom stereocenters. The summed E-state index contributed by atoms with van der Waals surface area (Å²) in [5, 5.41) is 5.97. The van der Waals surface area contributed by atoms with Crippen molar-refractivity contribution in [2.75, 3.05) is 26.3 Å². The number of hydrogen-bond acceptors (Lipinski definition) is 5. The zero-order valence-electron chi connectivity index (χ0n) is 15.0. The molecule has 140 valence electrons. The molecular weight excluding hydrogens is 360 g/mol. The molecule has 4 rings (SSSR count). The smallest absolute Gasteiger partial charge is 0.251 e. The van der Waals surface area contributed by atoms with Gasteiger partial charge in [-0.25, -0.2) is 4.98 Å². The molecular formula is C20H22N4O2S. The summed E-state index contributed by atoms with van der Waals surface area (Å²) in [6, 6.07) is 11.5. The molecule has 1 aliphatic heterocycles. The van der Waals surface area contributed by atoms with Gasteiger partial charge >= 0.3 is 0 Å². The molecule has 1 fully saturated rings. The van der Waals surface area contributed by atoms with Crippen LogP contribution in [0.25, 0.3) is 5.69 Å². The Morgan fingerprint density at radius 2 is 2.00 bits per heavy atom. The lowest BCUT2D eigenvalue weighted by atomic mass is 10.2. The predicted molar refractivity (Wildman–Crippen MR) is 105 cm³/mol. The normalized spacial score (nSPS) is 15.0. The van der Waals surface area contributed by atoms with Gasteiger partial charge in [-0.15, -0.1) is 11.3 Å². The summed E-state index contributed by atoms with van der Waals surface area (Å²) >= 11 is 1.59. The van der Waals surface area contributed by atoms with Gasteiger partial charge in [-0.2, -0.15) is 0 Å². The first-order chi connectivity index (χ1) is 13.3. The lowest BCUT2D eigenvalue weighted by molar-refractivity contribution is 0.0337. The van der Waals surface area contributed by atoms with Gasteiger partial charge in [-0.05, 0) is 30.3 Å².